The summed E-state index contributed by atoms with van der Waals surface area (Å²) in [4.78, 5) is 0. The van der Waals surface area contributed by atoms with Crippen LogP contribution < -0.4 is 0 Å². The minimum atomic E-state index is -0.473. The normalized spacial score (nSPS) is 12.2. The van der Waals surface area contributed by atoms with E-state index in [0.717, 1.165) is 5.02 Å². The largest absolute Gasteiger partial charge is 0.0836 e. The molecular weight excluding hydrogens is 283 g/mol. The summed E-state index contributed by atoms with van der Waals surface area (Å²) in [6.45, 7) is 0. The van der Waals surface area contributed by atoms with Gasteiger partial charge in [0.15, 0.2) is 0 Å². The first-order chi connectivity index (χ1) is 9.86. The molecule has 0 nitrogen and oxygen atoms in total. The number of hydrogen-bond donors (Lipinski definition) is 0. The molecule has 0 radical (unpaired) electrons. The molecule has 0 N–H and O–H groups in total. The molecule has 0 saturated heterocycles. The van der Waals surface area contributed by atoms with Crippen LogP contribution in [-0.2, 0) is 0 Å². The zero-order valence-electron chi connectivity index (χ0n) is 10.8. The molecule has 0 amide bonds. The third-order valence-electron chi connectivity index (χ3n) is 3.66. The highest BCUT2D eigenvalue weighted by atomic mass is 35.5. The van der Waals surface area contributed by atoms with Gasteiger partial charge >= 0.3 is 0 Å². The first kappa shape index (κ1) is 12.0. The fourth-order valence-corrected chi connectivity index (χ4v) is 5.82. The van der Waals surface area contributed by atoms with Crippen molar-refractivity contribution in [2.75, 3.05) is 0 Å². The molecule has 3 aromatic carbocycles. The van der Waals surface area contributed by atoms with Crippen LogP contribution in [0.15, 0.2) is 72.8 Å². The second-order valence-corrected chi connectivity index (χ2v) is 7.38. The fourth-order valence-electron chi connectivity index (χ4n) is 2.83. The number of hydrogen-bond acceptors (Lipinski definition) is 0. The Balaban J connectivity index is 2.26. The highest BCUT2D eigenvalue weighted by Crippen LogP contribution is 2.55. The van der Waals surface area contributed by atoms with Gasteiger partial charge in [0.1, 0.15) is 0 Å². The molecule has 1 unspecified atom stereocenters. The van der Waals surface area contributed by atoms with Gasteiger partial charge < -0.3 is 0 Å². The topological polar surface area (TPSA) is 0 Å². The lowest BCUT2D eigenvalue weighted by atomic mass is 10.1. The van der Waals surface area contributed by atoms with Crippen LogP contribution in [0.5, 0.6) is 0 Å². The van der Waals surface area contributed by atoms with Crippen molar-refractivity contribution in [2.45, 2.75) is 0 Å². The van der Waals surface area contributed by atoms with Crippen molar-refractivity contribution in [3.05, 3.63) is 77.8 Å². The summed E-state index contributed by atoms with van der Waals surface area (Å²) in [5.41, 5.74) is 0. The second-order valence-electron chi connectivity index (χ2n) is 4.82. The Morgan fingerprint density at radius 1 is 0.650 bits per heavy atom. The Morgan fingerprint density at radius 2 is 1.35 bits per heavy atom. The van der Waals surface area contributed by atoms with Crippen LogP contribution in [0.3, 0.4) is 0 Å². The lowest BCUT2D eigenvalue weighted by Crippen LogP contribution is -1.67. The molecular formula is C18H12ClP. The fraction of sp³-hybridized carbons (Fsp3) is 0. The lowest BCUT2D eigenvalue weighted by molar-refractivity contribution is 1.76. The van der Waals surface area contributed by atoms with E-state index in [4.69, 9.17) is 11.6 Å². The molecule has 1 heterocycles. The molecule has 0 saturated carbocycles. The Hall–Kier alpha value is -1.75. The minimum absolute atomic E-state index is 0.473. The average molecular weight is 295 g/mol. The van der Waals surface area contributed by atoms with Crippen LogP contribution in [-0.4, -0.2) is 0 Å². The molecule has 4 rings (SSSR count). The maximum Gasteiger partial charge on any atom is 0.0494 e. The smallest absolute Gasteiger partial charge is 0.0494 e. The third kappa shape index (κ3) is 1.69. The van der Waals surface area contributed by atoms with Gasteiger partial charge in [0, 0.05) is 20.6 Å². The van der Waals surface area contributed by atoms with Gasteiger partial charge in [0.05, 0.1) is 0 Å². The number of fused-ring (bicyclic) bond motifs is 3. The zero-order valence-corrected chi connectivity index (χ0v) is 12.4. The predicted octanol–water partition coefficient (Wildman–Crippen LogP) is 6.62. The van der Waals surface area contributed by atoms with Gasteiger partial charge in [-0.2, -0.15) is 0 Å². The van der Waals surface area contributed by atoms with Crippen molar-refractivity contribution in [1.82, 2.24) is 0 Å². The summed E-state index contributed by atoms with van der Waals surface area (Å²) in [5, 5.41) is 7.55. The third-order valence-corrected chi connectivity index (χ3v) is 6.52. The van der Waals surface area contributed by atoms with E-state index in [1.54, 1.807) is 0 Å². The first-order valence-electron chi connectivity index (χ1n) is 6.59. The van der Waals surface area contributed by atoms with E-state index in [-0.39, 0.29) is 0 Å². The molecule has 1 atom stereocenters. The van der Waals surface area contributed by atoms with Gasteiger partial charge in [-0.15, -0.1) is 0 Å². The summed E-state index contributed by atoms with van der Waals surface area (Å²) in [6.07, 6.45) is 0. The number of rotatable bonds is 1. The van der Waals surface area contributed by atoms with Crippen LogP contribution >= 0.6 is 19.1 Å². The predicted molar refractivity (Wildman–Crippen MR) is 90.5 cm³/mol. The number of benzene rings is 3. The van der Waals surface area contributed by atoms with E-state index in [0.29, 0.717) is 0 Å². The molecule has 1 aromatic heterocycles. The summed E-state index contributed by atoms with van der Waals surface area (Å²) < 4.78 is 0. The highest BCUT2D eigenvalue weighted by Gasteiger charge is 2.14. The van der Waals surface area contributed by atoms with Crippen LogP contribution in [0.4, 0.5) is 0 Å². The molecule has 0 bridgehead atoms. The van der Waals surface area contributed by atoms with E-state index in [1.807, 2.05) is 6.07 Å². The quantitative estimate of drug-likeness (QED) is 0.370. The van der Waals surface area contributed by atoms with Crippen molar-refractivity contribution < 1.29 is 0 Å². The maximum absolute atomic E-state index is 6.46. The van der Waals surface area contributed by atoms with Gasteiger partial charge in [0.2, 0.25) is 0 Å². The van der Waals surface area contributed by atoms with E-state index in [1.165, 1.54) is 26.3 Å². The maximum atomic E-state index is 6.46. The molecule has 2 heteroatoms. The monoisotopic (exact) mass is 294 g/mol. The number of halogens is 1. The zero-order chi connectivity index (χ0) is 13.5. The van der Waals surface area contributed by atoms with Gasteiger partial charge in [0.25, 0.3) is 0 Å². The SMILES string of the molecule is Clc1cccc2c1c1ccccc1p2-c1ccccc1. The van der Waals surface area contributed by atoms with Crippen LogP contribution in [0.2, 0.25) is 5.02 Å². The standard InChI is InChI=1S/C18H12ClP/c19-15-10-6-12-17-18(15)14-9-4-5-11-16(14)20(17)13-7-2-1-3-8-13/h1-12H. The molecule has 96 valence electrons. The summed E-state index contributed by atoms with van der Waals surface area (Å²) in [6, 6.07) is 25.6. The van der Waals surface area contributed by atoms with Crippen LogP contribution in [0.25, 0.3) is 26.3 Å². The Morgan fingerprint density at radius 3 is 2.20 bits per heavy atom. The Kier molecular flexibility index (Phi) is 2.80. The van der Waals surface area contributed by atoms with E-state index < -0.39 is 7.53 Å². The van der Waals surface area contributed by atoms with E-state index in [9.17, 15) is 0 Å². The lowest BCUT2D eigenvalue weighted by Gasteiger charge is -2.02. The second kappa shape index (κ2) is 4.66. The van der Waals surface area contributed by atoms with E-state index >= 15 is 0 Å². The summed E-state index contributed by atoms with van der Waals surface area (Å²) in [7, 11) is -0.473. The molecule has 0 spiro atoms. The van der Waals surface area contributed by atoms with Gasteiger partial charge in [-0.25, -0.2) is 0 Å². The average Bonchev–Trinajstić information content (AvgIpc) is 2.84. The molecule has 20 heavy (non-hydrogen) atoms. The van der Waals surface area contributed by atoms with Crippen molar-refractivity contribution >= 4 is 40.1 Å². The van der Waals surface area contributed by atoms with Crippen molar-refractivity contribution in [3.63, 3.8) is 0 Å². The molecule has 0 aliphatic heterocycles. The van der Waals surface area contributed by atoms with Gasteiger partial charge in [-0.3, -0.25) is 0 Å². The van der Waals surface area contributed by atoms with Gasteiger partial charge in [-0.05, 0) is 22.8 Å². The van der Waals surface area contributed by atoms with Gasteiger partial charge in [-0.1, -0.05) is 79.8 Å². The van der Waals surface area contributed by atoms with Crippen molar-refractivity contribution in [1.29, 1.82) is 0 Å². The van der Waals surface area contributed by atoms with E-state index in [2.05, 4.69) is 66.7 Å². The Labute approximate surface area is 123 Å². The van der Waals surface area contributed by atoms with Crippen LogP contribution in [0, 0.1) is 0 Å². The van der Waals surface area contributed by atoms with Crippen molar-refractivity contribution in [2.24, 2.45) is 0 Å². The van der Waals surface area contributed by atoms with Crippen LogP contribution in [0.1, 0.15) is 0 Å². The summed E-state index contributed by atoms with van der Waals surface area (Å²) >= 11 is 6.46. The first-order valence-corrected chi connectivity index (χ1v) is 8.31. The molecule has 0 fully saturated rings. The molecule has 0 aliphatic rings. The Bertz CT molecular complexity index is 907. The molecule has 4 aromatic rings. The minimum Gasteiger partial charge on any atom is -0.0836 e. The van der Waals surface area contributed by atoms with Crippen molar-refractivity contribution in [3.8, 4) is 5.30 Å². The molecule has 0 aliphatic carbocycles. The summed E-state index contributed by atoms with van der Waals surface area (Å²) in [5.74, 6) is 0. The highest BCUT2D eigenvalue weighted by molar-refractivity contribution is 7.67.